The van der Waals surface area contributed by atoms with Gasteiger partial charge in [-0.2, -0.15) is 0 Å². The number of carbonyl (C=O) groups excluding carboxylic acids is 2. The maximum absolute atomic E-state index is 13.1. The Morgan fingerprint density at radius 1 is 1.38 bits per heavy atom. The number of carbonyl (C=O) groups is 2. The number of hydrogen-bond acceptors (Lipinski definition) is 4. The molecule has 3 aliphatic rings. The third kappa shape index (κ3) is 2.04. The molecule has 1 aromatic rings. The van der Waals surface area contributed by atoms with E-state index in [2.05, 4.69) is 0 Å². The molecular weight excluding hydrogens is 306 g/mol. The molecule has 1 amide bonds. The Labute approximate surface area is 141 Å². The van der Waals surface area contributed by atoms with Crippen LogP contribution in [-0.4, -0.2) is 36.2 Å². The average molecular weight is 327 g/mol. The first-order valence-electron chi connectivity index (χ1n) is 8.37. The number of fused-ring (bicyclic) bond motifs is 1. The lowest BCUT2D eigenvalue weighted by molar-refractivity contribution is -0.156. The fourth-order valence-electron chi connectivity index (χ4n) is 4.15. The molecule has 2 saturated heterocycles. The quantitative estimate of drug-likeness (QED) is 0.631. The monoisotopic (exact) mass is 327 g/mol. The van der Waals surface area contributed by atoms with Crippen LogP contribution >= 0.6 is 0 Å². The second kappa shape index (κ2) is 5.18. The second-order valence-corrected chi connectivity index (χ2v) is 7.10. The lowest BCUT2D eigenvalue weighted by atomic mass is 9.77. The van der Waals surface area contributed by atoms with E-state index in [-0.39, 0.29) is 24.1 Å². The molecule has 0 N–H and O–H groups in total. The lowest BCUT2D eigenvalue weighted by Crippen LogP contribution is -2.40. The number of anilines is 1. The van der Waals surface area contributed by atoms with E-state index >= 15 is 0 Å². The molecule has 2 fully saturated rings. The first-order chi connectivity index (χ1) is 11.4. The number of esters is 1. The van der Waals surface area contributed by atoms with Crippen molar-refractivity contribution in [2.75, 3.05) is 11.4 Å². The van der Waals surface area contributed by atoms with E-state index in [1.807, 2.05) is 57.2 Å². The van der Waals surface area contributed by atoms with E-state index in [0.717, 1.165) is 11.3 Å². The normalized spacial score (nSPS) is 33.4. The van der Waals surface area contributed by atoms with Crippen LogP contribution in [0.3, 0.4) is 0 Å². The SMILES string of the molecule is Cc1ccccc1N1C[C@@]23C=C[C@H](O2)[C@H](C(=O)OC(C)C)[C@@H]3C1=O. The van der Waals surface area contributed by atoms with Gasteiger partial charge in [0.15, 0.2) is 0 Å². The summed E-state index contributed by atoms with van der Waals surface area (Å²) in [6, 6.07) is 7.78. The van der Waals surface area contributed by atoms with Gasteiger partial charge in [0.2, 0.25) is 5.91 Å². The number of ether oxygens (including phenoxy) is 2. The summed E-state index contributed by atoms with van der Waals surface area (Å²) in [7, 11) is 0. The minimum absolute atomic E-state index is 0.0538. The zero-order valence-corrected chi connectivity index (χ0v) is 14.1. The van der Waals surface area contributed by atoms with Gasteiger partial charge in [-0.05, 0) is 32.4 Å². The number of benzene rings is 1. The van der Waals surface area contributed by atoms with Gasteiger partial charge in [-0.1, -0.05) is 30.4 Å². The van der Waals surface area contributed by atoms with Gasteiger partial charge in [0.25, 0.3) is 0 Å². The maximum Gasteiger partial charge on any atom is 0.313 e. The minimum atomic E-state index is -0.704. The lowest BCUT2D eigenvalue weighted by Gasteiger charge is -2.23. The topological polar surface area (TPSA) is 55.8 Å². The van der Waals surface area contributed by atoms with Gasteiger partial charge in [-0.15, -0.1) is 0 Å². The van der Waals surface area contributed by atoms with E-state index in [1.54, 1.807) is 4.90 Å². The molecule has 0 aliphatic carbocycles. The number of para-hydroxylation sites is 1. The molecule has 4 atom stereocenters. The fraction of sp³-hybridized carbons (Fsp3) is 0.474. The van der Waals surface area contributed by atoms with Crippen LogP contribution in [0.2, 0.25) is 0 Å². The standard InChI is InChI=1S/C19H21NO4/c1-11(2)23-18(22)15-14-8-9-19(24-14)10-20(17(21)16(15)19)13-7-5-4-6-12(13)3/h4-9,11,14-16H,10H2,1-3H3/t14-,15-,16+,19+/m0/s1. The van der Waals surface area contributed by atoms with Gasteiger partial charge >= 0.3 is 5.97 Å². The van der Waals surface area contributed by atoms with Crippen LogP contribution in [0.25, 0.3) is 0 Å². The predicted molar refractivity (Wildman–Crippen MR) is 88.5 cm³/mol. The van der Waals surface area contributed by atoms with Crippen LogP contribution in [0.1, 0.15) is 19.4 Å². The molecule has 3 heterocycles. The van der Waals surface area contributed by atoms with Gasteiger partial charge in [0, 0.05) is 5.69 Å². The van der Waals surface area contributed by atoms with Crippen molar-refractivity contribution in [2.24, 2.45) is 11.8 Å². The Morgan fingerprint density at radius 2 is 2.12 bits per heavy atom. The van der Waals surface area contributed by atoms with Crippen molar-refractivity contribution in [3.05, 3.63) is 42.0 Å². The van der Waals surface area contributed by atoms with E-state index in [9.17, 15) is 9.59 Å². The van der Waals surface area contributed by atoms with Crippen LogP contribution in [0.4, 0.5) is 5.69 Å². The minimum Gasteiger partial charge on any atom is -0.463 e. The Kier molecular flexibility index (Phi) is 3.32. The van der Waals surface area contributed by atoms with Crippen LogP contribution in [0.5, 0.6) is 0 Å². The first kappa shape index (κ1) is 15.4. The van der Waals surface area contributed by atoms with Crippen molar-refractivity contribution in [3.63, 3.8) is 0 Å². The molecule has 5 heteroatoms. The van der Waals surface area contributed by atoms with Crippen molar-refractivity contribution < 1.29 is 19.1 Å². The van der Waals surface area contributed by atoms with Crippen LogP contribution in [-0.2, 0) is 19.1 Å². The van der Waals surface area contributed by atoms with Gasteiger partial charge < -0.3 is 14.4 Å². The van der Waals surface area contributed by atoms with Crippen LogP contribution in [0.15, 0.2) is 36.4 Å². The summed E-state index contributed by atoms with van der Waals surface area (Å²) >= 11 is 0. The van der Waals surface area contributed by atoms with Crippen LogP contribution in [0, 0.1) is 18.8 Å². The highest BCUT2D eigenvalue weighted by Gasteiger charge is 2.67. The van der Waals surface area contributed by atoms with Crippen molar-refractivity contribution in [1.29, 1.82) is 0 Å². The molecule has 2 bridgehead atoms. The summed E-state index contributed by atoms with van der Waals surface area (Å²) in [6.07, 6.45) is 3.29. The molecule has 24 heavy (non-hydrogen) atoms. The van der Waals surface area contributed by atoms with Gasteiger partial charge in [-0.3, -0.25) is 9.59 Å². The highest BCUT2D eigenvalue weighted by molar-refractivity contribution is 6.03. The third-order valence-electron chi connectivity index (χ3n) is 5.13. The summed E-state index contributed by atoms with van der Waals surface area (Å²) in [5, 5.41) is 0. The average Bonchev–Trinajstić information content (AvgIpc) is 3.15. The highest BCUT2D eigenvalue weighted by atomic mass is 16.6. The summed E-state index contributed by atoms with van der Waals surface area (Å²) in [6.45, 7) is 6.05. The van der Waals surface area contributed by atoms with Crippen molar-refractivity contribution in [3.8, 4) is 0 Å². The Morgan fingerprint density at radius 3 is 2.83 bits per heavy atom. The molecule has 0 aromatic heterocycles. The molecule has 0 saturated carbocycles. The molecular formula is C19H21NO4. The maximum atomic E-state index is 13.1. The third-order valence-corrected chi connectivity index (χ3v) is 5.13. The smallest absolute Gasteiger partial charge is 0.313 e. The van der Waals surface area contributed by atoms with Crippen molar-refractivity contribution >= 4 is 17.6 Å². The molecule has 3 aliphatic heterocycles. The Balaban J connectivity index is 1.69. The van der Waals surface area contributed by atoms with E-state index in [1.165, 1.54) is 0 Å². The Bertz CT molecular complexity index is 741. The fourth-order valence-corrected chi connectivity index (χ4v) is 4.15. The summed E-state index contributed by atoms with van der Waals surface area (Å²) < 4.78 is 11.5. The van der Waals surface area contributed by atoms with E-state index in [4.69, 9.17) is 9.47 Å². The number of rotatable bonds is 3. The summed E-state index contributed by atoms with van der Waals surface area (Å²) in [5.41, 5.74) is 1.20. The number of aryl methyl sites for hydroxylation is 1. The molecule has 1 spiro atoms. The van der Waals surface area contributed by atoms with Gasteiger partial charge in [-0.25, -0.2) is 0 Å². The van der Waals surface area contributed by atoms with Gasteiger partial charge in [0.05, 0.1) is 24.7 Å². The predicted octanol–water partition coefficient (Wildman–Crippen LogP) is 2.23. The largest absolute Gasteiger partial charge is 0.463 e. The van der Waals surface area contributed by atoms with Crippen molar-refractivity contribution in [1.82, 2.24) is 0 Å². The molecule has 0 radical (unpaired) electrons. The van der Waals surface area contributed by atoms with Crippen molar-refractivity contribution in [2.45, 2.75) is 38.6 Å². The molecule has 0 unspecified atom stereocenters. The number of amides is 1. The zero-order chi connectivity index (χ0) is 17.1. The Hall–Kier alpha value is -2.14. The number of hydrogen-bond donors (Lipinski definition) is 0. The summed E-state index contributed by atoms with van der Waals surface area (Å²) in [5.74, 6) is -1.45. The molecule has 126 valence electrons. The zero-order valence-electron chi connectivity index (χ0n) is 14.1. The number of nitrogens with zero attached hydrogens (tertiary/aromatic N) is 1. The summed E-state index contributed by atoms with van der Waals surface area (Å²) in [4.78, 5) is 27.4. The highest BCUT2D eigenvalue weighted by Crippen LogP contribution is 2.53. The van der Waals surface area contributed by atoms with Gasteiger partial charge in [0.1, 0.15) is 11.5 Å². The van der Waals surface area contributed by atoms with E-state index < -0.39 is 17.4 Å². The molecule has 5 nitrogen and oxygen atoms in total. The first-order valence-corrected chi connectivity index (χ1v) is 8.37. The molecule has 1 aromatic carbocycles. The van der Waals surface area contributed by atoms with Crippen LogP contribution < -0.4 is 4.90 Å². The second-order valence-electron chi connectivity index (χ2n) is 7.10. The molecule has 4 rings (SSSR count). The van der Waals surface area contributed by atoms with E-state index in [0.29, 0.717) is 6.54 Å².